The molecule has 0 aliphatic heterocycles. The predicted molar refractivity (Wildman–Crippen MR) is 83.9 cm³/mol. The van der Waals surface area contributed by atoms with Gasteiger partial charge < -0.3 is 16.0 Å². The highest BCUT2D eigenvalue weighted by atomic mass is 16.1. The first-order chi connectivity index (χ1) is 9.52. The molecule has 0 fully saturated rings. The van der Waals surface area contributed by atoms with Crippen molar-refractivity contribution in [2.24, 2.45) is 10.9 Å². The van der Waals surface area contributed by atoms with Crippen LogP contribution in [-0.2, 0) is 4.79 Å². The summed E-state index contributed by atoms with van der Waals surface area (Å²) in [7, 11) is 1.69. The lowest BCUT2D eigenvalue weighted by atomic mass is 10.1. The Kier molecular flexibility index (Phi) is 6.56. The van der Waals surface area contributed by atoms with Gasteiger partial charge in [0, 0.05) is 18.8 Å². The summed E-state index contributed by atoms with van der Waals surface area (Å²) in [4.78, 5) is 15.9. The van der Waals surface area contributed by atoms with Crippen LogP contribution in [0.5, 0.6) is 0 Å². The van der Waals surface area contributed by atoms with Gasteiger partial charge in [0.2, 0.25) is 5.91 Å². The van der Waals surface area contributed by atoms with Gasteiger partial charge in [-0.3, -0.25) is 9.79 Å². The van der Waals surface area contributed by atoms with E-state index < -0.39 is 0 Å². The molecule has 20 heavy (non-hydrogen) atoms. The van der Waals surface area contributed by atoms with Crippen molar-refractivity contribution in [2.45, 2.75) is 26.8 Å². The minimum absolute atomic E-state index is 0.101. The van der Waals surface area contributed by atoms with Gasteiger partial charge in [0.05, 0.1) is 6.54 Å². The van der Waals surface area contributed by atoms with E-state index in [0.717, 1.165) is 5.69 Å². The number of amides is 1. The number of hydrogen-bond acceptors (Lipinski definition) is 2. The van der Waals surface area contributed by atoms with Crippen molar-refractivity contribution in [1.29, 1.82) is 0 Å². The molecule has 1 amide bonds. The molecule has 0 aliphatic rings. The summed E-state index contributed by atoms with van der Waals surface area (Å²) >= 11 is 0. The molecular formula is C15H24N4O. The maximum atomic E-state index is 11.8. The van der Waals surface area contributed by atoms with Crippen LogP contribution in [0, 0.1) is 5.92 Å². The number of nitrogens with zero attached hydrogens (tertiary/aromatic N) is 1. The van der Waals surface area contributed by atoms with E-state index in [4.69, 9.17) is 0 Å². The molecule has 1 atom stereocenters. The Balaban J connectivity index is 2.39. The second-order valence-corrected chi connectivity index (χ2v) is 5.02. The van der Waals surface area contributed by atoms with Gasteiger partial charge in [-0.1, -0.05) is 32.0 Å². The predicted octanol–water partition coefficient (Wildman–Crippen LogP) is 1.83. The average Bonchev–Trinajstić information content (AvgIpc) is 2.44. The number of aliphatic imine (C=N–C) groups is 1. The van der Waals surface area contributed by atoms with Gasteiger partial charge in [0.15, 0.2) is 5.96 Å². The number of carbonyl (C=O) groups is 1. The van der Waals surface area contributed by atoms with Crippen molar-refractivity contribution in [2.75, 3.05) is 18.9 Å². The van der Waals surface area contributed by atoms with E-state index in [9.17, 15) is 4.79 Å². The molecule has 0 heterocycles. The average molecular weight is 276 g/mol. The lowest BCUT2D eigenvalue weighted by Crippen LogP contribution is -2.46. The number of para-hydroxylation sites is 1. The normalized spacial score (nSPS) is 12.9. The Bertz CT molecular complexity index is 442. The van der Waals surface area contributed by atoms with Crippen LogP contribution >= 0.6 is 0 Å². The first-order valence-corrected chi connectivity index (χ1v) is 6.85. The van der Waals surface area contributed by atoms with Gasteiger partial charge in [0.25, 0.3) is 0 Å². The minimum Gasteiger partial charge on any atom is -0.354 e. The van der Waals surface area contributed by atoms with Crippen molar-refractivity contribution >= 4 is 17.6 Å². The smallest absolute Gasteiger partial charge is 0.243 e. The van der Waals surface area contributed by atoms with E-state index >= 15 is 0 Å². The number of rotatable bonds is 5. The first kappa shape index (κ1) is 16.0. The summed E-state index contributed by atoms with van der Waals surface area (Å²) in [6, 6.07) is 9.67. The Morgan fingerprint density at radius 1 is 1.20 bits per heavy atom. The number of guanidine groups is 1. The summed E-state index contributed by atoms with van der Waals surface area (Å²) in [5.74, 6) is 1.03. The zero-order chi connectivity index (χ0) is 15.0. The van der Waals surface area contributed by atoms with Crippen LogP contribution < -0.4 is 16.0 Å². The van der Waals surface area contributed by atoms with Crippen molar-refractivity contribution in [1.82, 2.24) is 10.6 Å². The molecule has 1 aromatic carbocycles. The highest BCUT2D eigenvalue weighted by molar-refractivity contribution is 5.94. The molecule has 0 spiro atoms. The van der Waals surface area contributed by atoms with Crippen LogP contribution in [0.25, 0.3) is 0 Å². The van der Waals surface area contributed by atoms with E-state index in [0.29, 0.717) is 17.9 Å². The molecule has 0 radical (unpaired) electrons. The van der Waals surface area contributed by atoms with E-state index in [1.54, 1.807) is 7.05 Å². The summed E-state index contributed by atoms with van der Waals surface area (Å²) in [5, 5.41) is 9.06. The molecule has 0 aliphatic carbocycles. The molecule has 0 aromatic heterocycles. The Labute approximate surface area is 120 Å². The van der Waals surface area contributed by atoms with Crippen LogP contribution in [0.3, 0.4) is 0 Å². The fourth-order valence-corrected chi connectivity index (χ4v) is 1.47. The van der Waals surface area contributed by atoms with Gasteiger partial charge >= 0.3 is 0 Å². The zero-order valence-electron chi connectivity index (χ0n) is 12.6. The fourth-order valence-electron chi connectivity index (χ4n) is 1.47. The number of hydrogen-bond donors (Lipinski definition) is 3. The Morgan fingerprint density at radius 3 is 2.40 bits per heavy atom. The largest absolute Gasteiger partial charge is 0.354 e. The molecule has 5 nitrogen and oxygen atoms in total. The standard InChI is InChI=1S/C15H24N4O/c1-11(2)12(3)18-15(16-4)17-10-14(20)19-13-8-6-5-7-9-13/h5-9,11-12H,10H2,1-4H3,(H,19,20)(H2,16,17,18). The van der Waals surface area contributed by atoms with Crippen LogP contribution in [-0.4, -0.2) is 31.5 Å². The topological polar surface area (TPSA) is 65.5 Å². The number of benzene rings is 1. The second kappa shape index (κ2) is 8.19. The van der Waals surface area contributed by atoms with Gasteiger partial charge in [-0.15, -0.1) is 0 Å². The molecular weight excluding hydrogens is 252 g/mol. The molecule has 0 saturated carbocycles. The number of nitrogens with one attached hydrogen (secondary N) is 3. The summed E-state index contributed by atoms with van der Waals surface area (Å²) in [5.41, 5.74) is 0.790. The molecule has 1 aromatic rings. The van der Waals surface area contributed by atoms with Gasteiger partial charge in [-0.2, -0.15) is 0 Å². The quantitative estimate of drug-likeness (QED) is 0.568. The number of carbonyl (C=O) groups excluding carboxylic acids is 1. The van der Waals surface area contributed by atoms with Crippen molar-refractivity contribution in [3.8, 4) is 0 Å². The second-order valence-electron chi connectivity index (χ2n) is 5.02. The SMILES string of the molecule is CN=C(NCC(=O)Nc1ccccc1)NC(C)C(C)C. The first-order valence-electron chi connectivity index (χ1n) is 6.85. The highest BCUT2D eigenvalue weighted by Gasteiger charge is 2.10. The third-order valence-corrected chi connectivity index (χ3v) is 3.06. The van der Waals surface area contributed by atoms with Crippen LogP contribution in [0.15, 0.2) is 35.3 Å². The molecule has 1 unspecified atom stereocenters. The summed E-state index contributed by atoms with van der Waals surface area (Å²) < 4.78 is 0. The molecule has 1 rings (SSSR count). The van der Waals surface area contributed by atoms with Gasteiger partial charge in [-0.25, -0.2) is 0 Å². The molecule has 110 valence electrons. The van der Waals surface area contributed by atoms with Crippen molar-refractivity contribution in [3.05, 3.63) is 30.3 Å². The van der Waals surface area contributed by atoms with Gasteiger partial charge in [-0.05, 0) is 25.0 Å². The van der Waals surface area contributed by atoms with Crippen LogP contribution in [0.1, 0.15) is 20.8 Å². The van der Waals surface area contributed by atoms with Crippen LogP contribution in [0.4, 0.5) is 5.69 Å². The maximum absolute atomic E-state index is 11.8. The Morgan fingerprint density at radius 2 is 1.85 bits per heavy atom. The van der Waals surface area contributed by atoms with Crippen molar-refractivity contribution in [3.63, 3.8) is 0 Å². The third-order valence-electron chi connectivity index (χ3n) is 3.06. The lowest BCUT2D eigenvalue weighted by Gasteiger charge is -2.20. The maximum Gasteiger partial charge on any atom is 0.243 e. The van der Waals surface area contributed by atoms with Crippen molar-refractivity contribution < 1.29 is 4.79 Å². The lowest BCUT2D eigenvalue weighted by molar-refractivity contribution is -0.115. The number of anilines is 1. The van der Waals surface area contributed by atoms with E-state index in [2.05, 4.69) is 41.7 Å². The fraction of sp³-hybridized carbons (Fsp3) is 0.467. The Hall–Kier alpha value is -2.04. The highest BCUT2D eigenvalue weighted by Crippen LogP contribution is 2.04. The summed E-state index contributed by atoms with van der Waals surface area (Å²) in [6.45, 7) is 6.53. The van der Waals surface area contributed by atoms with Crippen LogP contribution in [0.2, 0.25) is 0 Å². The third kappa shape index (κ3) is 5.73. The molecule has 0 saturated heterocycles. The molecule has 3 N–H and O–H groups in total. The molecule has 5 heteroatoms. The van der Waals surface area contributed by atoms with E-state index in [1.165, 1.54) is 0 Å². The monoisotopic (exact) mass is 276 g/mol. The summed E-state index contributed by atoms with van der Waals surface area (Å²) in [6.07, 6.45) is 0. The van der Waals surface area contributed by atoms with E-state index in [-0.39, 0.29) is 12.5 Å². The zero-order valence-corrected chi connectivity index (χ0v) is 12.6. The molecule has 0 bridgehead atoms. The minimum atomic E-state index is -0.101. The van der Waals surface area contributed by atoms with E-state index in [1.807, 2.05) is 30.3 Å². The van der Waals surface area contributed by atoms with Gasteiger partial charge in [0.1, 0.15) is 0 Å².